The third kappa shape index (κ3) is 3.16. The Kier molecular flexibility index (Phi) is 4.10. The molecule has 0 saturated heterocycles. The lowest BCUT2D eigenvalue weighted by molar-refractivity contribution is -0.130. The largest absolute Gasteiger partial charge is 0.486 e. The molecule has 0 amide bonds. The van der Waals surface area contributed by atoms with Crippen molar-refractivity contribution in [2.75, 3.05) is 13.7 Å². The summed E-state index contributed by atoms with van der Waals surface area (Å²) < 4.78 is 9.83. The van der Waals surface area contributed by atoms with Crippen LogP contribution in [-0.4, -0.2) is 25.7 Å². The highest BCUT2D eigenvalue weighted by Gasteiger charge is 2.12. The van der Waals surface area contributed by atoms with Crippen LogP contribution >= 0.6 is 0 Å². The fraction of sp³-hybridized carbons (Fsp3) is 0.300. The fourth-order valence-electron chi connectivity index (χ4n) is 0.885. The molecule has 0 spiro atoms. The van der Waals surface area contributed by atoms with Gasteiger partial charge in [0, 0.05) is 7.11 Å². The smallest absolute Gasteiger partial charge is 0.213 e. The van der Waals surface area contributed by atoms with E-state index in [1.165, 1.54) is 7.11 Å². The quantitative estimate of drug-likeness (QED) is 0.697. The van der Waals surface area contributed by atoms with Crippen molar-refractivity contribution in [3.8, 4) is 5.75 Å². The van der Waals surface area contributed by atoms with Gasteiger partial charge in [-0.1, -0.05) is 18.2 Å². The first-order valence-electron chi connectivity index (χ1n) is 4.23. The minimum Gasteiger partial charge on any atom is -0.486 e. The Morgan fingerprint density at radius 3 is 2.64 bits per heavy atom. The second-order valence-corrected chi connectivity index (χ2v) is 2.72. The molecule has 4 nitrogen and oxygen atoms in total. The van der Waals surface area contributed by atoms with E-state index in [0.717, 1.165) is 0 Å². The van der Waals surface area contributed by atoms with Crippen LogP contribution < -0.4 is 10.5 Å². The van der Waals surface area contributed by atoms with Gasteiger partial charge in [0.25, 0.3) is 0 Å². The molecular formula is C10H13NO3. The van der Waals surface area contributed by atoms with Crippen LogP contribution in [0, 0.1) is 0 Å². The number of ketones is 1. The van der Waals surface area contributed by atoms with E-state index < -0.39 is 6.23 Å². The second kappa shape index (κ2) is 5.36. The monoisotopic (exact) mass is 195 g/mol. The summed E-state index contributed by atoms with van der Waals surface area (Å²) >= 11 is 0. The summed E-state index contributed by atoms with van der Waals surface area (Å²) in [5, 5.41) is 0. The van der Waals surface area contributed by atoms with E-state index in [1.807, 2.05) is 18.2 Å². The summed E-state index contributed by atoms with van der Waals surface area (Å²) in [5.74, 6) is 0.362. The number of nitrogens with two attached hydrogens (primary N) is 1. The maximum atomic E-state index is 11.2. The number of benzene rings is 1. The van der Waals surface area contributed by atoms with Gasteiger partial charge in [0.1, 0.15) is 5.75 Å². The molecule has 0 heterocycles. The molecule has 0 fully saturated rings. The summed E-state index contributed by atoms with van der Waals surface area (Å²) in [6, 6.07) is 9.07. The lowest BCUT2D eigenvalue weighted by Crippen LogP contribution is -2.35. The number of carbonyl (C=O) groups is 1. The average Bonchev–Trinajstić information content (AvgIpc) is 2.26. The van der Waals surface area contributed by atoms with Crippen LogP contribution in [0.1, 0.15) is 0 Å². The fourth-order valence-corrected chi connectivity index (χ4v) is 0.885. The molecule has 4 heteroatoms. The van der Waals surface area contributed by atoms with Crippen molar-refractivity contribution in [1.29, 1.82) is 0 Å². The SMILES string of the molecule is COC(N)C(=O)COc1ccccc1. The summed E-state index contributed by atoms with van der Waals surface area (Å²) in [5.41, 5.74) is 5.33. The Morgan fingerprint density at radius 1 is 1.43 bits per heavy atom. The second-order valence-electron chi connectivity index (χ2n) is 2.72. The van der Waals surface area contributed by atoms with Gasteiger partial charge in [0.15, 0.2) is 12.8 Å². The Balaban J connectivity index is 2.38. The molecule has 1 aromatic rings. The molecule has 1 unspecified atom stereocenters. The standard InChI is InChI=1S/C10H13NO3/c1-13-10(11)9(12)7-14-8-5-3-2-4-6-8/h2-6,10H,7,11H2,1H3. The molecule has 76 valence electrons. The predicted octanol–water partition coefficient (Wildman–Crippen LogP) is 0.566. The van der Waals surface area contributed by atoms with Gasteiger partial charge in [0.05, 0.1) is 0 Å². The van der Waals surface area contributed by atoms with Crippen molar-refractivity contribution in [1.82, 2.24) is 0 Å². The van der Waals surface area contributed by atoms with E-state index in [4.69, 9.17) is 10.5 Å². The number of carbonyl (C=O) groups excluding carboxylic acids is 1. The number of para-hydroxylation sites is 1. The van der Waals surface area contributed by atoms with Crippen LogP contribution in [0.2, 0.25) is 0 Å². The van der Waals surface area contributed by atoms with E-state index in [-0.39, 0.29) is 12.4 Å². The van der Waals surface area contributed by atoms with Gasteiger partial charge in [-0.15, -0.1) is 0 Å². The van der Waals surface area contributed by atoms with Gasteiger partial charge >= 0.3 is 0 Å². The van der Waals surface area contributed by atoms with Crippen LogP contribution in [0.3, 0.4) is 0 Å². The predicted molar refractivity (Wildman–Crippen MR) is 51.9 cm³/mol. The topological polar surface area (TPSA) is 61.5 Å². The average molecular weight is 195 g/mol. The first kappa shape index (κ1) is 10.7. The van der Waals surface area contributed by atoms with Gasteiger partial charge in [-0.3, -0.25) is 10.5 Å². The van der Waals surface area contributed by atoms with E-state index in [9.17, 15) is 4.79 Å². The van der Waals surface area contributed by atoms with Crippen molar-refractivity contribution < 1.29 is 14.3 Å². The number of Topliss-reactive ketones (excluding diaryl/α,β-unsaturated/α-hetero) is 1. The first-order valence-corrected chi connectivity index (χ1v) is 4.23. The Morgan fingerprint density at radius 2 is 2.07 bits per heavy atom. The molecule has 1 aromatic carbocycles. The number of ether oxygens (including phenoxy) is 2. The number of methoxy groups -OCH3 is 1. The van der Waals surface area contributed by atoms with Crippen LogP contribution in [0.4, 0.5) is 0 Å². The van der Waals surface area contributed by atoms with E-state index in [0.29, 0.717) is 5.75 Å². The molecule has 0 aliphatic rings. The molecule has 0 bridgehead atoms. The van der Waals surface area contributed by atoms with E-state index in [1.54, 1.807) is 12.1 Å². The zero-order valence-electron chi connectivity index (χ0n) is 7.97. The molecule has 1 atom stereocenters. The van der Waals surface area contributed by atoms with Crippen molar-refractivity contribution in [2.45, 2.75) is 6.23 Å². The van der Waals surface area contributed by atoms with Gasteiger partial charge in [-0.25, -0.2) is 0 Å². The zero-order valence-corrected chi connectivity index (χ0v) is 7.97. The van der Waals surface area contributed by atoms with Crippen molar-refractivity contribution in [3.05, 3.63) is 30.3 Å². The zero-order chi connectivity index (χ0) is 10.4. The van der Waals surface area contributed by atoms with Gasteiger partial charge in [-0.2, -0.15) is 0 Å². The van der Waals surface area contributed by atoms with Crippen molar-refractivity contribution >= 4 is 5.78 Å². The maximum Gasteiger partial charge on any atom is 0.213 e. The lowest BCUT2D eigenvalue weighted by atomic mass is 10.3. The van der Waals surface area contributed by atoms with Gasteiger partial charge in [-0.05, 0) is 12.1 Å². The Hall–Kier alpha value is -1.39. The Labute approximate surface area is 82.6 Å². The number of hydrogen-bond acceptors (Lipinski definition) is 4. The van der Waals surface area contributed by atoms with Gasteiger partial charge < -0.3 is 9.47 Å². The lowest BCUT2D eigenvalue weighted by Gasteiger charge is -2.09. The molecule has 1 rings (SSSR count). The molecular weight excluding hydrogens is 182 g/mol. The van der Waals surface area contributed by atoms with Gasteiger partial charge in [0.2, 0.25) is 5.78 Å². The van der Waals surface area contributed by atoms with E-state index >= 15 is 0 Å². The third-order valence-electron chi connectivity index (χ3n) is 1.70. The molecule has 0 aromatic heterocycles. The van der Waals surface area contributed by atoms with Crippen LogP contribution in [-0.2, 0) is 9.53 Å². The van der Waals surface area contributed by atoms with Crippen molar-refractivity contribution in [2.24, 2.45) is 5.73 Å². The summed E-state index contributed by atoms with van der Waals surface area (Å²) in [6.07, 6.45) is -0.904. The molecule has 0 aliphatic carbocycles. The van der Waals surface area contributed by atoms with Crippen LogP contribution in [0.5, 0.6) is 5.75 Å². The molecule has 0 saturated carbocycles. The highest BCUT2D eigenvalue weighted by molar-refractivity contribution is 5.83. The Bertz CT molecular complexity index is 287. The summed E-state index contributed by atoms with van der Waals surface area (Å²) in [7, 11) is 1.38. The van der Waals surface area contributed by atoms with Crippen molar-refractivity contribution in [3.63, 3.8) is 0 Å². The minimum absolute atomic E-state index is 0.0704. The molecule has 0 aliphatic heterocycles. The number of hydrogen-bond donors (Lipinski definition) is 1. The molecule has 0 radical (unpaired) electrons. The minimum atomic E-state index is -0.904. The summed E-state index contributed by atoms with van der Waals surface area (Å²) in [4.78, 5) is 11.2. The number of rotatable bonds is 5. The maximum absolute atomic E-state index is 11.2. The third-order valence-corrected chi connectivity index (χ3v) is 1.70. The van der Waals surface area contributed by atoms with Crippen LogP contribution in [0.15, 0.2) is 30.3 Å². The van der Waals surface area contributed by atoms with Crippen LogP contribution in [0.25, 0.3) is 0 Å². The normalized spacial score (nSPS) is 12.1. The van der Waals surface area contributed by atoms with E-state index in [2.05, 4.69) is 4.74 Å². The highest BCUT2D eigenvalue weighted by Crippen LogP contribution is 2.07. The summed E-state index contributed by atoms with van der Waals surface area (Å²) in [6.45, 7) is -0.0704. The molecule has 2 N–H and O–H groups in total. The molecule has 14 heavy (non-hydrogen) atoms. The first-order chi connectivity index (χ1) is 6.74. The highest BCUT2D eigenvalue weighted by atomic mass is 16.5.